The number of hydrogen-bond donors (Lipinski definition) is 0. The third-order valence-electron chi connectivity index (χ3n) is 5.90. The molecule has 3 nitrogen and oxygen atoms in total. The van der Waals surface area contributed by atoms with E-state index in [9.17, 15) is 13.2 Å². The first kappa shape index (κ1) is 28.9. The average Bonchev–Trinajstić information content (AvgIpc) is 2.75. The number of methoxy groups -OCH3 is 2. The molecular weight excluding hydrogens is 417 g/mol. The largest absolute Gasteiger partial charge is 0.416 e. The fourth-order valence-corrected chi connectivity index (χ4v) is 4.23. The summed E-state index contributed by atoms with van der Waals surface area (Å²) in [6, 6.07) is 5.62. The first-order chi connectivity index (χ1) is 15.2. The van der Waals surface area contributed by atoms with Crippen molar-refractivity contribution in [3.8, 4) is 0 Å². The summed E-state index contributed by atoms with van der Waals surface area (Å²) in [5.74, 6) is -1.03. The fraction of sp³-hybridized carbons (Fsp3) is 0.769. The summed E-state index contributed by atoms with van der Waals surface area (Å²) < 4.78 is 56.5. The van der Waals surface area contributed by atoms with Crippen molar-refractivity contribution in [1.82, 2.24) is 0 Å². The summed E-state index contributed by atoms with van der Waals surface area (Å²) in [6.07, 6.45) is 6.96. The monoisotopic (exact) mass is 460 g/mol. The summed E-state index contributed by atoms with van der Waals surface area (Å²) in [6.45, 7) is 6.13. The van der Waals surface area contributed by atoms with E-state index in [-0.39, 0.29) is 12.0 Å². The highest BCUT2D eigenvalue weighted by molar-refractivity contribution is 5.25. The van der Waals surface area contributed by atoms with Crippen LogP contribution in [0.15, 0.2) is 24.3 Å². The second kappa shape index (κ2) is 14.9. The van der Waals surface area contributed by atoms with Crippen LogP contribution in [0.5, 0.6) is 0 Å². The van der Waals surface area contributed by atoms with Crippen molar-refractivity contribution < 1.29 is 27.4 Å². The van der Waals surface area contributed by atoms with Crippen LogP contribution < -0.4 is 0 Å². The predicted molar refractivity (Wildman–Crippen MR) is 123 cm³/mol. The standard InChI is InChI=1S/C26H43F3O3/c1-6-7-8-9-10-11-17-23(26(30-4,31-5)32-21(2)3)18-13-12-15-22-16-14-19-24(20-22)25(27,28)29/h14,16,19-21,23H,6-13,15,17-18H2,1-5H3. The minimum atomic E-state index is -4.30. The Labute approximate surface area is 193 Å². The van der Waals surface area contributed by atoms with Gasteiger partial charge in [-0.3, -0.25) is 0 Å². The van der Waals surface area contributed by atoms with Crippen molar-refractivity contribution in [3.05, 3.63) is 35.4 Å². The van der Waals surface area contributed by atoms with Crippen LogP contribution in [0.25, 0.3) is 0 Å². The van der Waals surface area contributed by atoms with Crippen molar-refractivity contribution in [1.29, 1.82) is 0 Å². The molecule has 6 heteroatoms. The summed E-state index contributed by atoms with van der Waals surface area (Å²) in [4.78, 5) is 0. The van der Waals surface area contributed by atoms with Crippen molar-refractivity contribution in [2.24, 2.45) is 5.92 Å². The smallest absolute Gasteiger partial charge is 0.331 e. The molecule has 1 unspecified atom stereocenters. The van der Waals surface area contributed by atoms with Gasteiger partial charge in [0, 0.05) is 20.1 Å². The average molecular weight is 461 g/mol. The number of aryl methyl sites for hydroxylation is 1. The van der Waals surface area contributed by atoms with E-state index in [1.54, 1.807) is 20.3 Å². The maximum Gasteiger partial charge on any atom is 0.416 e. The lowest BCUT2D eigenvalue weighted by atomic mass is 9.91. The highest BCUT2D eigenvalue weighted by atomic mass is 19.4. The van der Waals surface area contributed by atoms with Crippen molar-refractivity contribution in [3.63, 3.8) is 0 Å². The van der Waals surface area contributed by atoms with Gasteiger partial charge in [0.2, 0.25) is 0 Å². The molecule has 186 valence electrons. The minimum absolute atomic E-state index is 0.0490. The normalized spacial score (nSPS) is 13.7. The Morgan fingerprint density at radius 1 is 0.844 bits per heavy atom. The van der Waals surface area contributed by atoms with Gasteiger partial charge in [-0.15, -0.1) is 0 Å². The number of rotatable bonds is 17. The summed E-state index contributed by atoms with van der Waals surface area (Å²) in [5, 5.41) is 0. The summed E-state index contributed by atoms with van der Waals surface area (Å²) in [7, 11) is 3.23. The SMILES string of the molecule is CCCCCCCCC(CCCCc1cccc(C(F)(F)F)c1)C(OC)(OC)OC(C)C. The Morgan fingerprint density at radius 3 is 2.00 bits per heavy atom. The van der Waals surface area contributed by atoms with Crippen LogP contribution in [0.3, 0.4) is 0 Å². The lowest BCUT2D eigenvalue weighted by Gasteiger charge is -2.39. The topological polar surface area (TPSA) is 27.7 Å². The van der Waals surface area contributed by atoms with Gasteiger partial charge in [-0.2, -0.15) is 13.2 Å². The first-order valence-corrected chi connectivity index (χ1v) is 12.1. The third-order valence-corrected chi connectivity index (χ3v) is 5.90. The van der Waals surface area contributed by atoms with E-state index < -0.39 is 17.7 Å². The zero-order chi connectivity index (χ0) is 24.0. The molecule has 1 atom stereocenters. The molecule has 0 spiro atoms. The molecule has 0 heterocycles. The van der Waals surface area contributed by atoms with E-state index in [1.807, 2.05) is 13.8 Å². The Morgan fingerprint density at radius 2 is 1.44 bits per heavy atom. The Balaban J connectivity index is 2.70. The second-order valence-electron chi connectivity index (χ2n) is 8.88. The summed E-state index contributed by atoms with van der Waals surface area (Å²) in [5.41, 5.74) is 0.134. The molecule has 1 aromatic carbocycles. The number of alkyl halides is 3. The quantitative estimate of drug-likeness (QED) is 0.173. The number of halogens is 3. The van der Waals surface area contributed by atoms with Crippen molar-refractivity contribution in [2.75, 3.05) is 14.2 Å². The minimum Gasteiger partial charge on any atom is -0.331 e. The summed E-state index contributed by atoms with van der Waals surface area (Å²) >= 11 is 0. The van der Waals surface area contributed by atoms with E-state index >= 15 is 0 Å². The molecule has 0 N–H and O–H groups in total. The number of benzene rings is 1. The van der Waals surface area contributed by atoms with Crippen molar-refractivity contribution in [2.45, 2.75) is 110 Å². The molecule has 32 heavy (non-hydrogen) atoms. The van der Waals surface area contributed by atoms with E-state index in [0.717, 1.165) is 43.7 Å². The molecule has 0 saturated heterocycles. The van der Waals surface area contributed by atoms with E-state index in [1.165, 1.54) is 44.2 Å². The maximum absolute atomic E-state index is 12.9. The fourth-order valence-electron chi connectivity index (χ4n) is 4.23. The zero-order valence-electron chi connectivity index (χ0n) is 20.6. The molecule has 0 saturated carbocycles. The molecule has 1 rings (SSSR count). The van der Waals surface area contributed by atoms with E-state index in [4.69, 9.17) is 14.2 Å². The Bertz CT molecular complexity index is 613. The van der Waals surface area contributed by atoms with Gasteiger partial charge in [0.15, 0.2) is 0 Å². The van der Waals surface area contributed by atoms with E-state index in [2.05, 4.69) is 6.92 Å². The molecule has 1 aromatic rings. The van der Waals surface area contributed by atoms with Crippen LogP contribution in [0.4, 0.5) is 13.2 Å². The van der Waals surface area contributed by atoms with Gasteiger partial charge < -0.3 is 14.2 Å². The lowest BCUT2D eigenvalue weighted by Crippen LogP contribution is -2.46. The molecule has 0 aliphatic carbocycles. The highest BCUT2D eigenvalue weighted by Crippen LogP contribution is 2.35. The Hall–Kier alpha value is -1.11. The van der Waals surface area contributed by atoms with Crippen LogP contribution in [-0.2, 0) is 26.8 Å². The maximum atomic E-state index is 12.9. The van der Waals surface area contributed by atoms with Crippen molar-refractivity contribution >= 4 is 0 Å². The molecule has 0 aromatic heterocycles. The lowest BCUT2D eigenvalue weighted by molar-refractivity contribution is -0.399. The predicted octanol–water partition coefficient (Wildman–Crippen LogP) is 8.16. The Kier molecular flexibility index (Phi) is 13.5. The molecule has 0 amide bonds. The van der Waals surface area contributed by atoms with Crippen LogP contribution in [0, 0.1) is 5.92 Å². The van der Waals surface area contributed by atoms with E-state index in [0.29, 0.717) is 6.42 Å². The molecule has 0 aliphatic heterocycles. The van der Waals surface area contributed by atoms with Gasteiger partial charge >= 0.3 is 6.18 Å². The molecular formula is C26H43F3O3. The van der Waals surface area contributed by atoms with Gasteiger partial charge in [-0.25, -0.2) is 0 Å². The van der Waals surface area contributed by atoms with Crippen LogP contribution in [0.1, 0.15) is 96.1 Å². The van der Waals surface area contributed by atoms with Gasteiger partial charge in [0.05, 0.1) is 11.7 Å². The van der Waals surface area contributed by atoms with Gasteiger partial charge in [-0.1, -0.05) is 70.1 Å². The van der Waals surface area contributed by atoms with Crippen LogP contribution >= 0.6 is 0 Å². The highest BCUT2D eigenvalue weighted by Gasteiger charge is 2.41. The van der Waals surface area contributed by atoms with Gasteiger partial charge in [-0.05, 0) is 51.2 Å². The van der Waals surface area contributed by atoms with Crippen LogP contribution in [0.2, 0.25) is 0 Å². The molecule has 0 bridgehead atoms. The number of unbranched alkanes of at least 4 members (excludes halogenated alkanes) is 6. The molecule has 0 radical (unpaired) electrons. The second-order valence-corrected chi connectivity index (χ2v) is 8.88. The third kappa shape index (κ3) is 10.2. The first-order valence-electron chi connectivity index (χ1n) is 12.1. The number of ether oxygens (including phenoxy) is 3. The van der Waals surface area contributed by atoms with Gasteiger partial charge in [0.25, 0.3) is 5.97 Å². The van der Waals surface area contributed by atoms with Crippen LogP contribution in [-0.4, -0.2) is 26.3 Å². The molecule has 0 fully saturated rings. The zero-order valence-corrected chi connectivity index (χ0v) is 20.6. The molecule has 0 aliphatic rings. The number of hydrogen-bond acceptors (Lipinski definition) is 3. The van der Waals surface area contributed by atoms with Gasteiger partial charge in [0.1, 0.15) is 0 Å².